The SMILES string of the molecule is Cc1cccc(Nc2nccc(N(C)CCc3ccncc3)n2)c1. The lowest BCUT2D eigenvalue weighted by Crippen LogP contribution is -2.21. The van der Waals surface area contributed by atoms with E-state index in [-0.39, 0.29) is 0 Å². The number of aromatic nitrogens is 3. The van der Waals surface area contributed by atoms with Gasteiger partial charge in [-0.1, -0.05) is 12.1 Å². The van der Waals surface area contributed by atoms with Gasteiger partial charge in [-0.05, 0) is 54.8 Å². The molecule has 2 heterocycles. The Morgan fingerprint density at radius 2 is 1.88 bits per heavy atom. The maximum Gasteiger partial charge on any atom is 0.229 e. The Hall–Kier alpha value is -2.95. The van der Waals surface area contributed by atoms with Crippen LogP contribution >= 0.6 is 0 Å². The van der Waals surface area contributed by atoms with Gasteiger partial charge >= 0.3 is 0 Å². The number of hydrogen-bond acceptors (Lipinski definition) is 5. The molecule has 2 aromatic heterocycles. The Bertz CT molecular complexity index is 789. The standard InChI is InChI=1S/C19H21N5/c1-15-4-3-5-17(14-15)22-19-21-12-8-18(23-19)24(2)13-9-16-6-10-20-11-7-16/h3-8,10-12,14H,9,13H2,1-2H3,(H,21,22,23). The molecule has 0 aliphatic carbocycles. The van der Waals surface area contributed by atoms with Crippen LogP contribution in [0.15, 0.2) is 61.1 Å². The Balaban J connectivity index is 1.66. The van der Waals surface area contributed by atoms with Crippen LogP contribution in [0.1, 0.15) is 11.1 Å². The van der Waals surface area contributed by atoms with Crippen molar-refractivity contribution in [3.05, 3.63) is 72.2 Å². The summed E-state index contributed by atoms with van der Waals surface area (Å²) in [6.07, 6.45) is 6.38. The molecular weight excluding hydrogens is 298 g/mol. The number of pyridine rings is 1. The second kappa shape index (κ2) is 7.55. The van der Waals surface area contributed by atoms with E-state index in [2.05, 4.69) is 44.2 Å². The zero-order valence-electron chi connectivity index (χ0n) is 14.0. The van der Waals surface area contributed by atoms with Crippen molar-refractivity contribution in [1.29, 1.82) is 0 Å². The zero-order chi connectivity index (χ0) is 16.8. The van der Waals surface area contributed by atoms with E-state index in [1.165, 1.54) is 11.1 Å². The van der Waals surface area contributed by atoms with Gasteiger partial charge in [0.15, 0.2) is 0 Å². The third-order valence-electron chi connectivity index (χ3n) is 3.79. The Labute approximate surface area is 142 Å². The van der Waals surface area contributed by atoms with Crippen LogP contribution in [0.5, 0.6) is 0 Å². The molecule has 0 spiro atoms. The third kappa shape index (κ3) is 4.29. The number of benzene rings is 1. The molecule has 0 aliphatic heterocycles. The van der Waals surface area contributed by atoms with Gasteiger partial charge in [-0.3, -0.25) is 4.98 Å². The lowest BCUT2D eigenvalue weighted by atomic mass is 10.2. The molecule has 1 N–H and O–H groups in total. The van der Waals surface area contributed by atoms with Gasteiger partial charge in [0.1, 0.15) is 5.82 Å². The van der Waals surface area contributed by atoms with E-state index in [4.69, 9.17) is 0 Å². The van der Waals surface area contributed by atoms with E-state index in [1.54, 1.807) is 6.20 Å². The van der Waals surface area contributed by atoms with Gasteiger partial charge in [-0.2, -0.15) is 4.98 Å². The Morgan fingerprint density at radius 1 is 1.04 bits per heavy atom. The van der Waals surface area contributed by atoms with E-state index in [0.29, 0.717) is 5.95 Å². The highest BCUT2D eigenvalue weighted by molar-refractivity contribution is 5.55. The fourth-order valence-corrected chi connectivity index (χ4v) is 2.43. The van der Waals surface area contributed by atoms with Crippen molar-refractivity contribution in [2.45, 2.75) is 13.3 Å². The topological polar surface area (TPSA) is 53.9 Å². The highest BCUT2D eigenvalue weighted by Crippen LogP contribution is 2.17. The van der Waals surface area contributed by atoms with Crippen molar-refractivity contribution in [1.82, 2.24) is 15.0 Å². The summed E-state index contributed by atoms with van der Waals surface area (Å²) in [5.41, 5.74) is 3.46. The molecule has 0 saturated heterocycles. The number of hydrogen-bond donors (Lipinski definition) is 1. The highest BCUT2D eigenvalue weighted by Gasteiger charge is 2.05. The summed E-state index contributed by atoms with van der Waals surface area (Å²) in [4.78, 5) is 15.1. The van der Waals surface area contributed by atoms with Gasteiger partial charge in [0.2, 0.25) is 5.95 Å². The van der Waals surface area contributed by atoms with Crippen LogP contribution in [0.2, 0.25) is 0 Å². The van der Waals surface area contributed by atoms with Gasteiger partial charge in [0, 0.05) is 37.9 Å². The minimum absolute atomic E-state index is 0.605. The van der Waals surface area contributed by atoms with Crippen LogP contribution < -0.4 is 10.2 Å². The van der Waals surface area contributed by atoms with Crippen molar-refractivity contribution in [3.63, 3.8) is 0 Å². The zero-order valence-corrected chi connectivity index (χ0v) is 14.0. The summed E-state index contributed by atoms with van der Waals surface area (Å²) < 4.78 is 0. The van der Waals surface area contributed by atoms with Crippen molar-refractivity contribution < 1.29 is 0 Å². The van der Waals surface area contributed by atoms with Crippen LogP contribution in [-0.4, -0.2) is 28.5 Å². The van der Waals surface area contributed by atoms with Gasteiger partial charge in [-0.25, -0.2) is 4.98 Å². The molecule has 122 valence electrons. The minimum Gasteiger partial charge on any atom is -0.359 e. The van der Waals surface area contributed by atoms with Gasteiger partial charge in [-0.15, -0.1) is 0 Å². The second-order valence-electron chi connectivity index (χ2n) is 5.76. The fourth-order valence-electron chi connectivity index (χ4n) is 2.43. The molecule has 0 fully saturated rings. The second-order valence-corrected chi connectivity index (χ2v) is 5.76. The lowest BCUT2D eigenvalue weighted by molar-refractivity contribution is 0.855. The van der Waals surface area contributed by atoms with Gasteiger partial charge < -0.3 is 10.2 Å². The quantitative estimate of drug-likeness (QED) is 0.752. The van der Waals surface area contributed by atoms with Crippen molar-refractivity contribution >= 4 is 17.5 Å². The molecule has 0 amide bonds. The number of nitrogens with one attached hydrogen (secondary N) is 1. The molecule has 0 atom stereocenters. The predicted molar refractivity (Wildman–Crippen MR) is 97.7 cm³/mol. The molecule has 1 aromatic carbocycles. The first-order valence-corrected chi connectivity index (χ1v) is 7.97. The van der Waals surface area contributed by atoms with Gasteiger partial charge in [0.05, 0.1) is 0 Å². The van der Waals surface area contributed by atoms with Crippen molar-refractivity contribution in [2.24, 2.45) is 0 Å². The summed E-state index contributed by atoms with van der Waals surface area (Å²) >= 11 is 0. The lowest BCUT2D eigenvalue weighted by Gasteiger charge is -2.18. The first-order chi connectivity index (χ1) is 11.7. The third-order valence-corrected chi connectivity index (χ3v) is 3.79. The largest absolute Gasteiger partial charge is 0.359 e. The van der Waals surface area contributed by atoms with E-state index < -0.39 is 0 Å². The summed E-state index contributed by atoms with van der Waals surface area (Å²) in [5.74, 6) is 1.50. The predicted octanol–water partition coefficient (Wildman–Crippen LogP) is 3.60. The summed E-state index contributed by atoms with van der Waals surface area (Å²) in [7, 11) is 2.04. The number of anilines is 3. The maximum absolute atomic E-state index is 4.60. The number of nitrogens with zero attached hydrogens (tertiary/aromatic N) is 4. The molecule has 0 unspecified atom stereocenters. The van der Waals surface area contributed by atoms with Crippen LogP contribution in [0.4, 0.5) is 17.5 Å². The van der Waals surface area contributed by atoms with Crippen molar-refractivity contribution in [2.75, 3.05) is 23.8 Å². The first kappa shape index (κ1) is 15.9. The van der Waals surface area contributed by atoms with E-state index in [1.807, 2.05) is 49.8 Å². The first-order valence-electron chi connectivity index (χ1n) is 7.97. The van der Waals surface area contributed by atoms with Crippen LogP contribution in [0.3, 0.4) is 0 Å². The summed E-state index contributed by atoms with van der Waals surface area (Å²) in [6, 6.07) is 14.2. The molecule has 0 aliphatic rings. The number of likely N-dealkylation sites (N-methyl/N-ethyl adjacent to an activating group) is 1. The minimum atomic E-state index is 0.605. The summed E-state index contributed by atoms with van der Waals surface area (Å²) in [6.45, 7) is 2.94. The van der Waals surface area contributed by atoms with Gasteiger partial charge in [0.25, 0.3) is 0 Å². The smallest absolute Gasteiger partial charge is 0.229 e. The Kier molecular flexibility index (Phi) is 5.01. The average molecular weight is 319 g/mol. The normalized spacial score (nSPS) is 10.4. The van der Waals surface area contributed by atoms with E-state index in [0.717, 1.165) is 24.5 Å². The molecule has 5 heteroatoms. The molecule has 3 aromatic rings. The molecule has 0 radical (unpaired) electrons. The number of aryl methyl sites for hydroxylation is 1. The maximum atomic E-state index is 4.60. The van der Waals surface area contributed by atoms with Crippen LogP contribution in [-0.2, 0) is 6.42 Å². The molecule has 3 rings (SSSR count). The van der Waals surface area contributed by atoms with Crippen molar-refractivity contribution in [3.8, 4) is 0 Å². The summed E-state index contributed by atoms with van der Waals surface area (Å²) in [5, 5.41) is 3.26. The molecule has 0 bridgehead atoms. The Morgan fingerprint density at radius 3 is 2.67 bits per heavy atom. The molecular formula is C19H21N5. The van der Waals surface area contributed by atoms with Crippen LogP contribution in [0, 0.1) is 6.92 Å². The monoisotopic (exact) mass is 319 g/mol. The van der Waals surface area contributed by atoms with Crippen LogP contribution in [0.25, 0.3) is 0 Å². The highest BCUT2D eigenvalue weighted by atomic mass is 15.2. The van der Waals surface area contributed by atoms with E-state index in [9.17, 15) is 0 Å². The molecule has 0 saturated carbocycles. The van der Waals surface area contributed by atoms with E-state index >= 15 is 0 Å². The number of rotatable bonds is 6. The molecule has 5 nitrogen and oxygen atoms in total. The molecule has 24 heavy (non-hydrogen) atoms. The fraction of sp³-hybridized carbons (Fsp3) is 0.211. The average Bonchev–Trinajstić information content (AvgIpc) is 2.61.